The fraction of sp³-hybridized carbons (Fsp3) is 0.538. The summed E-state index contributed by atoms with van der Waals surface area (Å²) >= 11 is 3.66. The molecule has 2 heterocycles. The van der Waals surface area contributed by atoms with Crippen molar-refractivity contribution in [3.05, 3.63) is 17.3 Å². The van der Waals surface area contributed by atoms with Crippen molar-refractivity contribution in [3.63, 3.8) is 0 Å². The van der Waals surface area contributed by atoms with E-state index in [0.29, 0.717) is 4.75 Å². The maximum absolute atomic E-state index is 4.63. The van der Waals surface area contributed by atoms with Crippen molar-refractivity contribution in [1.29, 1.82) is 0 Å². The molecule has 3 nitrogen and oxygen atoms in total. The summed E-state index contributed by atoms with van der Waals surface area (Å²) in [4.78, 5) is 10.3. The van der Waals surface area contributed by atoms with Gasteiger partial charge in [0.1, 0.15) is 16.5 Å². The highest BCUT2D eigenvalue weighted by atomic mass is 32.2. The van der Waals surface area contributed by atoms with E-state index >= 15 is 0 Å². The van der Waals surface area contributed by atoms with E-state index in [1.165, 1.54) is 12.8 Å². The number of hydrogen-bond donors (Lipinski definition) is 1. The highest BCUT2D eigenvalue weighted by molar-refractivity contribution is 8.00. The molecule has 3 rings (SSSR count). The van der Waals surface area contributed by atoms with Crippen LogP contribution in [0, 0.1) is 0 Å². The van der Waals surface area contributed by atoms with Crippen molar-refractivity contribution in [2.75, 3.05) is 18.1 Å². The Morgan fingerprint density at radius 2 is 2.28 bits per heavy atom. The predicted octanol–water partition coefficient (Wildman–Crippen LogP) is 3.56. The van der Waals surface area contributed by atoms with Crippen LogP contribution in [0.15, 0.2) is 11.4 Å². The van der Waals surface area contributed by atoms with Gasteiger partial charge in [0.15, 0.2) is 0 Å². The molecule has 0 unspecified atom stereocenters. The molecule has 2 aromatic rings. The Bertz CT molecular complexity index is 560. The molecule has 0 aliphatic heterocycles. The number of thioether (sulfide) groups is 1. The van der Waals surface area contributed by atoms with Crippen LogP contribution in [0.25, 0.3) is 10.2 Å². The summed E-state index contributed by atoms with van der Waals surface area (Å²) in [5, 5.41) is 6.79. The average Bonchev–Trinajstić information content (AvgIpc) is 3.04. The molecule has 0 aromatic carbocycles. The molecule has 1 saturated carbocycles. The van der Waals surface area contributed by atoms with Crippen LogP contribution in [-0.4, -0.2) is 27.5 Å². The summed E-state index contributed by atoms with van der Waals surface area (Å²) < 4.78 is 0.458. The van der Waals surface area contributed by atoms with Crippen molar-refractivity contribution in [1.82, 2.24) is 9.97 Å². The smallest absolute Gasteiger partial charge is 0.138 e. The van der Waals surface area contributed by atoms with E-state index < -0.39 is 0 Å². The molecule has 5 heteroatoms. The van der Waals surface area contributed by atoms with Crippen LogP contribution in [0.3, 0.4) is 0 Å². The maximum Gasteiger partial charge on any atom is 0.138 e. The fourth-order valence-electron chi connectivity index (χ4n) is 2.03. The molecule has 1 fully saturated rings. The van der Waals surface area contributed by atoms with Gasteiger partial charge in [0.05, 0.1) is 5.39 Å². The standard InChI is InChI=1S/C13H17N3S2/c1-3-10-15-11(9-4-7-18-12(9)16-10)14-8-13(17-2)5-6-13/h4,7H,3,5-6,8H2,1-2H3,(H,14,15,16). The van der Waals surface area contributed by atoms with E-state index in [2.05, 4.69) is 39.9 Å². The van der Waals surface area contributed by atoms with Gasteiger partial charge in [0.25, 0.3) is 0 Å². The summed E-state index contributed by atoms with van der Waals surface area (Å²) in [6.45, 7) is 3.11. The van der Waals surface area contributed by atoms with Crippen molar-refractivity contribution < 1.29 is 0 Å². The van der Waals surface area contributed by atoms with Crippen molar-refractivity contribution in [3.8, 4) is 0 Å². The lowest BCUT2D eigenvalue weighted by atomic mass is 10.3. The molecule has 0 atom stereocenters. The molecule has 0 radical (unpaired) electrons. The van der Waals surface area contributed by atoms with Gasteiger partial charge in [-0.1, -0.05) is 6.92 Å². The first-order chi connectivity index (χ1) is 8.76. The Labute approximate surface area is 115 Å². The van der Waals surface area contributed by atoms with E-state index in [-0.39, 0.29) is 0 Å². The first-order valence-electron chi connectivity index (χ1n) is 6.29. The van der Waals surface area contributed by atoms with E-state index in [1.807, 2.05) is 11.8 Å². The molecular weight excluding hydrogens is 262 g/mol. The lowest BCUT2D eigenvalue weighted by Crippen LogP contribution is -2.18. The third kappa shape index (κ3) is 2.21. The van der Waals surface area contributed by atoms with Gasteiger partial charge < -0.3 is 5.32 Å². The van der Waals surface area contributed by atoms with Gasteiger partial charge in [0.2, 0.25) is 0 Å². The Morgan fingerprint density at radius 1 is 1.44 bits per heavy atom. The van der Waals surface area contributed by atoms with Crippen LogP contribution in [0.1, 0.15) is 25.6 Å². The van der Waals surface area contributed by atoms with Gasteiger partial charge in [-0.3, -0.25) is 0 Å². The Balaban J connectivity index is 1.87. The lowest BCUT2D eigenvalue weighted by molar-refractivity contribution is 0.920. The summed E-state index contributed by atoms with van der Waals surface area (Å²) in [5.74, 6) is 1.94. The second-order valence-corrected chi connectivity index (χ2v) is 6.89. The third-order valence-electron chi connectivity index (χ3n) is 3.51. The number of nitrogens with zero attached hydrogens (tertiary/aromatic N) is 2. The van der Waals surface area contributed by atoms with Crippen LogP contribution in [0.2, 0.25) is 0 Å². The number of hydrogen-bond acceptors (Lipinski definition) is 5. The first-order valence-corrected chi connectivity index (χ1v) is 8.40. The number of nitrogens with one attached hydrogen (secondary N) is 1. The van der Waals surface area contributed by atoms with Gasteiger partial charge in [-0.15, -0.1) is 11.3 Å². The number of anilines is 1. The van der Waals surface area contributed by atoms with Crippen LogP contribution in [0.5, 0.6) is 0 Å². The molecule has 0 spiro atoms. The largest absolute Gasteiger partial charge is 0.368 e. The molecule has 0 amide bonds. The predicted molar refractivity (Wildman–Crippen MR) is 80.8 cm³/mol. The third-order valence-corrected chi connectivity index (χ3v) is 5.73. The normalized spacial score (nSPS) is 17.0. The van der Waals surface area contributed by atoms with E-state index in [0.717, 1.165) is 34.8 Å². The topological polar surface area (TPSA) is 37.8 Å². The number of thiophene rings is 1. The van der Waals surface area contributed by atoms with Crippen molar-refractivity contribution >= 4 is 39.1 Å². The molecule has 18 heavy (non-hydrogen) atoms. The van der Waals surface area contributed by atoms with Gasteiger partial charge in [-0.25, -0.2) is 9.97 Å². The van der Waals surface area contributed by atoms with Crippen LogP contribution < -0.4 is 5.32 Å². The number of fused-ring (bicyclic) bond motifs is 1. The second-order valence-electron chi connectivity index (χ2n) is 4.72. The zero-order valence-corrected chi connectivity index (χ0v) is 12.3. The Kier molecular flexibility index (Phi) is 3.20. The van der Waals surface area contributed by atoms with E-state index in [9.17, 15) is 0 Å². The summed E-state index contributed by atoms with van der Waals surface area (Å²) in [7, 11) is 0. The van der Waals surface area contributed by atoms with Crippen LogP contribution in [0.4, 0.5) is 5.82 Å². The Hall–Kier alpha value is -0.810. The molecule has 0 saturated heterocycles. The molecule has 2 aromatic heterocycles. The van der Waals surface area contributed by atoms with E-state index in [1.54, 1.807) is 11.3 Å². The summed E-state index contributed by atoms with van der Waals surface area (Å²) in [6, 6.07) is 2.11. The number of aromatic nitrogens is 2. The first kappa shape index (κ1) is 12.2. The quantitative estimate of drug-likeness (QED) is 0.908. The molecule has 1 N–H and O–H groups in total. The van der Waals surface area contributed by atoms with Gasteiger partial charge in [-0.05, 0) is 30.5 Å². The molecule has 0 bridgehead atoms. The Morgan fingerprint density at radius 3 is 2.94 bits per heavy atom. The molecular formula is C13H17N3S2. The van der Waals surface area contributed by atoms with E-state index in [4.69, 9.17) is 0 Å². The van der Waals surface area contributed by atoms with Gasteiger partial charge in [0, 0.05) is 17.7 Å². The van der Waals surface area contributed by atoms with Crippen molar-refractivity contribution in [2.45, 2.75) is 30.9 Å². The highest BCUT2D eigenvalue weighted by Crippen LogP contribution is 2.47. The average molecular weight is 279 g/mol. The number of rotatable bonds is 5. The molecule has 1 aliphatic rings. The summed E-state index contributed by atoms with van der Waals surface area (Å²) in [5.41, 5.74) is 0. The monoisotopic (exact) mass is 279 g/mol. The second kappa shape index (κ2) is 4.70. The minimum atomic E-state index is 0.458. The summed E-state index contributed by atoms with van der Waals surface area (Å²) in [6.07, 6.45) is 5.72. The molecule has 96 valence electrons. The van der Waals surface area contributed by atoms with Crippen LogP contribution in [-0.2, 0) is 6.42 Å². The van der Waals surface area contributed by atoms with Crippen molar-refractivity contribution in [2.24, 2.45) is 0 Å². The minimum absolute atomic E-state index is 0.458. The minimum Gasteiger partial charge on any atom is -0.368 e. The SMILES string of the molecule is CCc1nc(NCC2(SC)CC2)c2ccsc2n1. The maximum atomic E-state index is 4.63. The zero-order chi connectivity index (χ0) is 12.6. The highest BCUT2D eigenvalue weighted by Gasteiger charge is 2.41. The van der Waals surface area contributed by atoms with Gasteiger partial charge >= 0.3 is 0 Å². The number of aryl methyl sites for hydroxylation is 1. The zero-order valence-electron chi connectivity index (χ0n) is 10.7. The molecule has 1 aliphatic carbocycles. The lowest BCUT2D eigenvalue weighted by Gasteiger charge is -2.14. The fourth-order valence-corrected chi connectivity index (χ4v) is 3.54. The van der Waals surface area contributed by atoms with Gasteiger partial charge in [-0.2, -0.15) is 11.8 Å². The van der Waals surface area contributed by atoms with Crippen LogP contribution >= 0.6 is 23.1 Å².